The van der Waals surface area contributed by atoms with Gasteiger partial charge in [0.2, 0.25) is 5.91 Å². The summed E-state index contributed by atoms with van der Waals surface area (Å²) in [7, 11) is 0. The van der Waals surface area contributed by atoms with Gasteiger partial charge in [0, 0.05) is 33.6 Å². The summed E-state index contributed by atoms with van der Waals surface area (Å²) in [6.07, 6.45) is 3.09. The number of rotatable bonds is 6. The molecule has 0 aliphatic carbocycles. The number of nitrogens with one attached hydrogen (secondary N) is 3. The van der Waals surface area contributed by atoms with Gasteiger partial charge in [-0.2, -0.15) is 9.61 Å². The van der Waals surface area contributed by atoms with Crippen molar-refractivity contribution >= 4 is 64.1 Å². The van der Waals surface area contributed by atoms with Crippen molar-refractivity contribution in [2.24, 2.45) is 0 Å². The van der Waals surface area contributed by atoms with Crippen LogP contribution in [0.15, 0.2) is 66.4 Å². The van der Waals surface area contributed by atoms with Gasteiger partial charge in [0.15, 0.2) is 5.65 Å². The van der Waals surface area contributed by atoms with Gasteiger partial charge in [-0.25, -0.2) is 9.78 Å². The topological polar surface area (TPSA) is 138 Å². The lowest BCUT2D eigenvalue weighted by molar-refractivity contribution is -0.124. The number of hydrogen-bond donors (Lipinski definition) is 4. The number of carboxylic acids is 1. The molecule has 35 heavy (non-hydrogen) atoms. The van der Waals surface area contributed by atoms with Crippen LogP contribution in [0.4, 0.5) is 23.0 Å². The standard InChI is InChI=1S/C24H17ClN6O4/c25-16-4-2-6-18(10-16)27-19-11-20(28-17-5-1-3-13(8-17)24(34)35)31-22(29-19)15(12-26-31)7-14-9-21(32)30-23(14)33/h1-8,10-12,28H,9H2,(H,27,29)(H,34,35)(H,30,32,33)/b14-7+. The summed E-state index contributed by atoms with van der Waals surface area (Å²) < 4.78 is 1.53. The molecule has 2 aromatic carbocycles. The average molecular weight is 489 g/mol. The van der Waals surface area contributed by atoms with E-state index in [-0.39, 0.29) is 17.9 Å². The Labute approximate surface area is 203 Å². The minimum Gasteiger partial charge on any atom is -0.478 e. The molecule has 1 fully saturated rings. The Morgan fingerprint density at radius 1 is 1.09 bits per heavy atom. The summed E-state index contributed by atoms with van der Waals surface area (Å²) in [5.41, 5.74) is 2.61. The number of benzene rings is 2. The Hall–Kier alpha value is -4.70. The number of halogens is 1. The van der Waals surface area contributed by atoms with Crippen LogP contribution in [0.2, 0.25) is 5.02 Å². The number of carbonyl (C=O) groups is 3. The SMILES string of the molecule is O=C1C/C(=C\c2cnn3c(Nc4cccc(C(=O)O)c4)cc(Nc4cccc(Cl)c4)nc23)C(=O)N1. The molecule has 0 unspecified atom stereocenters. The zero-order valence-electron chi connectivity index (χ0n) is 17.9. The Bertz CT molecular complexity index is 1540. The summed E-state index contributed by atoms with van der Waals surface area (Å²) in [6.45, 7) is 0. The maximum absolute atomic E-state index is 12.0. The van der Waals surface area contributed by atoms with Crippen molar-refractivity contribution in [3.8, 4) is 0 Å². The van der Waals surface area contributed by atoms with Crippen LogP contribution in [0.1, 0.15) is 22.3 Å². The van der Waals surface area contributed by atoms with E-state index in [1.54, 1.807) is 42.5 Å². The highest BCUT2D eigenvalue weighted by atomic mass is 35.5. The van der Waals surface area contributed by atoms with E-state index in [4.69, 9.17) is 11.6 Å². The smallest absolute Gasteiger partial charge is 0.335 e. The monoisotopic (exact) mass is 488 g/mol. The Morgan fingerprint density at radius 3 is 2.57 bits per heavy atom. The lowest BCUT2D eigenvalue weighted by atomic mass is 10.1. The van der Waals surface area contributed by atoms with E-state index in [1.165, 1.54) is 22.8 Å². The van der Waals surface area contributed by atoms with Gasteiger partial charge in [-0.3, -0.25) is 14.9 Å². The molecular formula is C24H17ClN6O4. The second-order valence-corrected chi connectivity index (χ2v) is 8.17. The Morgan fingerprint density at radius 2 is 1.86 bits per heavy atom. The third-order valence-corrected chi connectivity index (χ3v) is 5.44. The van der Waals surface area contributed by atoms with Crippen molar-refractivity contribution in [1.29, 1.82) is 0 Å². The normalized spacial score (nSPS) is 14.4. The molecule has 4 N–H and O–H groups in total. The number of amides is 2. The number of carbonyl (C=O) groups excluding carboxylic acids is 2. The molecule has 0 saturated carbocycles. The minimum absolute atomic E-state index is 0.0241. The molecule has 0 bridgehead atoms. The molecule has 174 valence electrons. The zero-order chi connectivity index (χ0) is 24.5. The molecule has 10 nitrogen and oxygen atoms in total. The molecule has 11 heteroatoms. The number of aromatic nitrogens is 3. The molecule has 3 heterocycles. The Balaban J connectivity index is 1.60. The minimum atomic E-state index is -1.05. The first-order valence-electron chi connectivity index (χ1n) is 10.4. The van der Waals surface area contributed by atoms with Crippen molar-refractivity contribution in [3.05, 3.63) is 82.5 Å². The van der Waals surface area contributed by atoms with Gasteiger partial charge in [-0.1, -0.05) is 23.7 Å². The van der Waals surface area contributed by atoms with Crippen molar-refractivity contribution < 1.29 is 19.5 Å². The zero-order valence-corrected chi connectivity index (χ0v) is 18.7. The van der Waals surface area contributed by atoms with E-state index in [2.05, 4.69) is 26.0 Å². The van der Waals surface area contributed by atoms with E-state index < -0.39 is 11.9 Å². The van der Waals surface area contributed by atoms with Crippen molar-refractivity contribution in [2.75, 3.05) is 10.6 Å². The molecular weight excluding hydrogens is 472 g/mol. The number of imide groups is 1. The molecule has 1 aliphatic heterocycles. The summed E-state index contributed by atoms with van der Waals surface area (Å²) in [5.74, 6) is -0.933. The van der Waals surface area contributed by atoms with Crippen molar-refractivity contribution in [2.45, 2.75) is 6.42 Å². The molecule has 4 aromatic rings. The fourth-order valence-electron chi connectivity index (χ4n) is 3.64. The predicted octanol–water partition coefficient (Wildman–Crippen LogP) is 4.00. The molecule has 5 rings (SSSR count). The fourth-order valence-corrected chi connectivity index (χ4v) is 3.83. The molecule has 0 spiro atoms. The largest absolute Gasteiger partial charge is 0.478 e. The maximum atomic E-state index is 12.0. The van der Waals surface area contributed by atoms with Crippen LogP contribution in [0.5, 0.6) is 0 Å². The van der Waals surface area contributed by atoms with Crippen LogP contribution < -0.4 is 16.0 Å². The maximum Gasteiger partial charge on any atom is 0.335 e. The van der Waals surface area contributed by atoms with Crippen molar-refractivity contribution in [1.82, 2.24) is 19.9 Å². The van der Waals surface area contributed by atoms with E-state index >= 15 is 0 Å². The van der Waals surface area contributed by atoms with Crippen LogP contribution in [-0.2, 0) is 9.59 Å². The number of fused-ring (bicyclic) bond motifs is 1. The van der Waals surface area contributed by atoms with Gasteiger partial charge in [-0.15, -0.1) is 0 Å². The third kappa shape index (κ3) is 4.68. The van der Waals surface area contributed by atoms with Gasteiger partial charge in [0.25, 0.3) is 5.91 Å². The summed E-state index contributed by atoms with van der Waals surface area (Å²) in [6, 6.07) is 15.2. The number of hydrogen-bond acceptors (Lipinski definition) is 7. The van der Waals surface area contributed by atoms with E-state index in [0.29, 0.717) is 44.8 Å². The first kappa shape index (κ1) is 22.1. The first-order valence-corrected chi connectivity index (χ1v) is 10.8. The molecule has 2 aromatic heterocycles. The lowest BCUT2D eigenvalue weighted by Gasteiger charge is -2.13. The number of aromatic carboxylic acids is 1. The number of anilines is 4. The predicted molar refractivity (Wildman–Crippen MR) is 130 cm³/mol. The van der Waals surface area contributed by atoms with Crippen LogP contribution in [0, 0.1) is 0 Å². The second kappa shape index (κ2) is 8.92. The summed E-state index contributed by atoms with van der Waals surface area (Å²) >= 11 is 6.11. The van der Waals surface area contributed by atoms with E-state index in [1.807, 2.05) is 6.07 Å². The third-order valence-electron chi connectivity index (χ3n) is 5.20. The lowest BCUT2D eigenvalue weighted by Crippen LogP contribution is -2.19. The van der Waals surface area contributed by atoms with Gasteiger partial charge in [0.05, 0.1) is 18.2 Å². The molecule has 2 amide bonds. The molecule has 0 atom stereocenters. The van der Waals surface area contributed by atoms with Gasteiger partial charge in [0.1, 0.15) is 11.6 Å². The molecule has 1 saturated heterocycles. The van der Waals surface area contributed by atoms with Crippen LogP contribution in [0.3, 0.4) is 0 Å². The van der Waals surface area contributed by atoms with Gasteiger partial charge < -0.3 is 15.7 Å². The van der Waals surface area contributed by atoms with E-state index in [0.717, 1.165) is 0 Å². The molecule has 0 radical (unpaired) electrons. The highest BCUT2D eigenvalue weighted by molar-refractivity contribution is 6.30. The van der Waals surface area contributed by atoms with Crippen LogP contribution in [-0.4, -0.2) is 37.5 Å². The quantitative estimate of drug-likeness (QED) is 0.236. The number of carboxylic acid groups (broad SMARTS) is 1. The summed E-state index contributed by atoms with van der Waals surface area (Å²) in [5, 5.41) is 22.9. The fraction of sp³-hybridized carbons (Fsp3) is 0.0417. The second-order valence-electron chi connectivity index (χ2n) is 7.73. The molecule has 1 aliphatic rings. The summed E-state index contributed by atoms with van der Waals surface area (Å²) in [4.78, 5) is 39.7. The first-order chi connectivity index (χ1) is 16.9. The average Bonchev–Trinajstić information content (AvgIpc) is 3.36. The van der Waals surface area contributed by atoms with Gasteiger partial charge in [-0.05, 0) is 42.5 Å². The highest BCUT2D eigenvalue weighted by Gasteiger charge is 2.24. The van der Waals surface area contributed by atoms with Crippen molar-refractivity contribution in [3.63, 3.8) is 0 Å². The Kier molecular flexibility index (Phi) is 5.63. The highest BCUT2D eigenvalue weighted by Crippen LogP contribution is 2.27. The van der Waals surface area contributed by atoms with Gasteiger partial charge >= 0.3 is 5.97 Å². The van der Waals surface area contributed by atoms with Crippen LogP contribution >= 0.6 is 11.6 Å². The van der Waals surface area contributed by atoms with Crippen LogP contribution in [0.25, 0.3) is 11.7 Å². The number of nitrogens with zero attached hydrogens (tertiary/aromatic N) is 3. The van der Waals surface area contributed by atoms with E-state index in [9.17, 15) is 19.5 Å².